The zero-order chi connectivity index (χ0) is 13.0. The van der Waals surface area contributed by atoms with E-state index in [4.69, 9.17) is 4.74 Å². The molecule has 0 bridgehead atoms. The minimum atomic E-state index is -0.297. The molecule has 2 rings (SSSR count). The molecule has 0 atom stereocenters. The predicted molar refractivity (Wildman–Crippen MR) is 75.3 cm³/mol. The number of hydrogen-bond acceptors (Lipinski definition) is 2. The van der Waals surface area contributed by atoms with E-state index < -0.39 is 0 Å². The lowest BCUT2D eigenvalue weighted by Gasteiger charge is -2.08. The lowest BCUT2D eigenvalue weighted by Crippen LogP contribution is -1.97. The van der Waals surface area contributed by atoms with Crippen LogP contribution >= 0.6 is 31.9 Å². The fraction of sp³-hybridized carbons (Fsp3) is 0.154. The van der Waals surface area contributed by atoms with Crippen molar-refractivity contribution in [3.63, 3.8) is 0 Å². The molecule has 0 aliphatic rings. The van der Waals surface area contributed by atoms with Crippen LogP contribution in [0.3, 0.4) is 0 Å². The van der Waals surface area contributed by atoms with Crippen LogP contribution in [0.5, 0.6) is 5.75 Å². The Morgan fingerprint density at radius 1 is 1.11 bits per heavy atom. The Kier molecular flexibility index (Phi) is 4.72. The van der Waals surface area contributed by atoms with Gasteiger partial charge in [-0.3, -0.25) is 4.98 Å². The first kappa shape index (κ1) is 13.5. The molecule has 0 fully saturated rings. The van der Waals surface area contributed by atoms with Crippen molar-refractivity contribution in [3.8, 4) is 5.75 Å². The van der Waals surface area contributed by atoms with Crippen LogP contribution in [-0.2, 0) is 11.9 Å². The van der Waals surface area contributed by atoms with Gasteiger partial charge in [0.05, 0.1) is 0 Å². The monoisotopic (exact) mass is 373 g/mol. The van der Waals surface area contributed by atoms with Crippen LogP contribution < -0.4 is 4.74 Å². The lowest BCUT2D eigenvalue weighted by molar-refractivity contribution is 0.304. The number of halogens is 3. The van der Waals surface area contributed by atoms with Crippen LogP contribution in [0.1, 0.15) is 11.1 Å². The van der Waals surface area contributed by atoms with E-state index in [9.17, 15) is 4.39 Å². The highest BCUT2D eigenvalue weighted by atomic mass is 79.9. The number of aromatic nitrogens is 1. The Labute approximate surface area is 121 Å². The normalized spacial score (nSPS) is 10.4. The SMILES string of the molecule is Fc1cc(CBr)cc(OCc2cncc(Br)c2)c1. The quantitative estimate of drug-likeness (QED) is 0.737. The van der Waals surface area contributed by atoms with Gasteiger partial charge in [-0.1, -0.05) is 15.9 Å². The second-order valence-corrected chi connectivity index (χ2v) is 5.21. The molecule has 18 heavy (non-hydrogen) atoms. The molecule has 5 heteroatoms. The van der Waals surface area contributed by atoms with E-state index in [0.29, 0.717) is 17.7 Å². The summed E-state index contributed by atoms with van der Waals surface area (Å²) in [4.78, 5) is 4.04. The topological polar surface area (TPSA) is 22.1 Å². The Bertz CT molecular complexity index is 548. The third-order valence-electron chi connectivity index (χ3n) is 2.25. The van der Waals surface area contributed by atoms with Crippen molar-refractivity contribution in [3.05, 3.63) is 58.1 Å². The molecule has 94 valence electrons. The number of alkyl halides is 1. The minimum absolute atomic E-state index is 0.297. The van der Waals surface area contributed by atoms with Gasteiger partial charge >= 0.3 is 0 Å². The molecule has 2 aromatic rings. The second-order valence-electron chi connectivity index (χ2n) is 3.73. The molecule has 0 N–H and O–H groups in total. The van der Waals surface area contributed by atoms with E-state index in [1.54, 1.807) is 12.4 Å². The van der Waals surface area contributed by atoms with Crippen molar-refractivity contribution in [2.45, 2.75) is 11.9 Å². The van der Waals surface area contributed by atoms with Crippen LogP contribution in [0.4, 0.5) is 4.39 Å². The first-order valence-corrected chi connectivity index (χ1v) is 7.16. The van der Waals surface area contributed by atoms with Crippen molar-refractivity contribution in [1.82, 2.24) is 4.98 Å². The molecule has 1 aromatic heterocycles. The first-order chi connectivity index (χ1) is 8.67. The van der Waals surface area contributed by atoms with Crippen molar-refractivity contribution >= 4 is 31.9 Å². The Morgan fingerprint density at radius 2 is 1.94 bits per heavy atom. The average molecular weight is 375 g/mol. The van der Waals surface area contributed by atoms with Crippen LogP contribution in [0.25, 0.3) is 0 Å². The number of hydrogen-bond donors (Lipinski definition) is 0. The number of ether oxygens (including phenoxy) is 1. The van der Waals surface area contributed by atoms with Gasteiger partial charge < -0.3 is 4.74 Å². The summed E-state index contributed by atoms with van der Waals surface area (Å²) in [5, 5.41) is 0.597. The highest BCUT2D eigenvalue weighted by Gasteiger charge is 2.02. The van der Waals surface area contributed by atoms with E-state index >= 15 is 0 Å². The zero-order valence-corrected chi connectivity index (χ0v) is 12.5. The fourth-order valence-corrected chi connectivity index (χ4v) is 2.22. The molecular weight excluding hydrogens is 365 g/mol. The van der Waals surface area contributed by atoms with Crippen LogP contribution in [-0.4, -0.2) is 4.98 Å². The number of rotatable bonds is 4. The van der Waals surface area contributed by atoms with E-state index in [1.807, 2.05) is 12.1 Å². The molecule has 0 radical (unpaired) electrons. The summed E-state index contributed by atoms with van der Waals surface area (Å²) in [7, 11) is 0. The highest BCUT2D eigenvalue weighted by Crippen LogP contribution is 2.20. The van der Waals surface area contributed by atoms with E-state index in [-0.39, 0.29) is 5.82 Å². The molecule has 0 unspecified atom stereocenters. The largest absolute Gasteiger partial charge is 0.489 e. The van der Waals surface area contributed by atoms with E-state index in [2.05, 4.69) is 36.8 Å². The molecular formula is C13H10Br2FNO. The van der Waals surface area contributed by atoms with Gasteiger partial charge in [-0.05, 0) is 39.7 Å². The number of pyridine rings is 1. The maximum Gasteiger partial charge on any atom is 0.127 e. The van der Waals surface area contributed by atoms with Gasteiger partial charge in [-0.25, -0.2) is 4.39 Å². The van der Waals surface area contributed by atoms with Gasteiger partial charge in [-0.15, -0.1) is 0 Å². The molecule has 0 amide bonds. The van der Waals surface area contributed by atoms with Gasteiger partial charge in [-0.2, -0.15) is 0 Å². The van der Waals surface area contributed by atoms with Gasteiger partial charge in [0, 0.05) is 33.8 Å². The second kappa shape index (κ2) is 6.29. The highest BCUT2D eigenvalue weighted by molar-refractivity contribution is 9.10. The average Bonchev–Trinajstić information content (AvgIpc) is 2.36. The predicted octanol–water partition coefficient (Wildman–Crippen LogP) is 4.46. The van der Waals surface area contributed by atoms with E-state index in [0.717, 1.165) is 15.6 Å². The molecule has 0 saturated carbocycles. The van der Waals surface area contributed by atoms with Crippen molar-refractivity contribution < 1.29 is 9.13 Å². The smallest absolute Gasteiger partial charge is 0.127 e. The Morgan fingerprint density at radius 3 is 2.67 bits per heavy atom. The van der Waals surface area contributed by atoms with Gasteiger partial charge in [0.25, 0.3) is 0 Å². The summed E-state index contributed by atoms with van der Waals surface area (Å²) in [6.07, 6.45) is 3.42. The van der Waals surface area contributed by atoms with E-state index in [1.165, 1.54) is 12.1 Å². The molecule has 0 saturated heterocycles. The Hall–Kier alpha value is -0.940. The van der Waals surface area contributed by atoms with Crippen molar-refractivity contribution in [2.75, 3.05) is 0 Å². The molecule has 1 heterocycles. The molecule has 0 spiro atoms. The first-order valence-electron chi connectivity index (χ1n) is 5.25. The Balaban J connectivity index is 2.08. The maximum atomic E-state index is 13.3. The summed E-state index contributed by atoms with van der Waals surface area (Å²) in [5.41, 5.74) is 1.77. The fourth-order valence-electron chi connectivity index (χ4n) is 1.48. The van der Waals surface area contributed by atoms with Crippen LogP contribution in [0, 0.1) is 5.82 Å². The minimum Gasteiger partial charge on any atom is -0.489 e. The molecule has 0 aliphatic carbocycles. The van der Waals surface area contributed by atoms with Gasteiger partial charge in [0.2, 0.25) is 0 Å². The third-order valence-corrected chi connectivity index (χ3v) is 3.33. The molecule has 0 aliphatic heterocycles. The molecule has 1 aromatic carbocycles. The zero-order valence-electron chi connectivity index (χ0n) is 9.37. The van der Waals surface area contributed by atoms with Crippen LogP contribution in [0.15, 0.2) is 41.1 Å². The molecule has 2 nitrogen and oxygen atoms in total. The van der Waals surface area contributed by atoms with Gasteiger partial charge in [0.1, 0.15) is 18.2 Å². The summed E-state index contributed by atoms with van der Waals surface area (Å²) >= 11 is 6.63. The third kappa shape index (κ3) is 3.78. The summed E-state index contributed by atoms with van der Waals surface area (Å²) in [5.74, 6) is 0.221. The maximum absolute atomic E-state index is 13.3. The lowest BCUT2D eigenvalue weighted by atomic mass is 10.2. The standard InChI is InChI=1S/C13H10Br2FNO/c14-5-9-2-12(16)4-13(3-9)18-8-10-1-11(15)7-17-6-10/h1-4,6-7H,5,8H2. The van der Waals surface area contributed by atoms with Gasteiger partial charge in [0.15, 0.2) is 0 Å². The van der Waals surface area contributed by atoms with Crippen molar-refractivity contribution in [1.29, 1.82) is 0 Å². The van der Waals surface area contributed by atoms with Crippen LogP contribution in [0.2, 0.25) is 0 Å². The number of nitrogens with zero attached hydrogens (tertiary/aromatic N) is 1. The number of benzene rings is 1. The van der Waals surface area contributed by atoms with Crippen molar-refractivity contribution in [2.24, 2.45) is 0 Å². The summed E-state index contributed by atoms with van der Waals surface area (Å²) < 4.78 is 19.7. The summed E-state index contributed by atoms with van der Waals surface area (Å²) in [6, 6.07) is 6.57. The summed E-state index contributed by atoms with van der Waals surface area (Å²) in [6.45, 7) is 0.359.